The summed E-state index contributed by atoms with van der Waals surface area (Å²) in [5.41, 5.74) is 4.76. The lowest BCUT2D eigenvalue weighted by molar-refractivity contribution is 0.564. The zero-order chi connectivity index (χ0) is 15.0. The van der Waals surface area contributed by atoms with E-state index in [-0.39, 0.29) is 6.04 Å². The number of hydrogen-bond donors (Lipinski definition) is 1. The highest BCUT2D eigenvalue weighted by atomic mass is 35.5. The van der Waals surface area contributed by atoms with E-state index in [0.29, 0.717) is 0 Å². The van der Waals surface area contributed by atoms with Crippen LogP contribution < -0.4 is 5.32 Å². The molecule has 0 aliphatic rings. The van der Waals surface area contributed by atoms with Crippen molar-refractivity contribution in [3.63, 3.8) is 0 Å². The second-order valence-corrected chi connectivity index (χ2v) is 6.57. The molecule has 1 aromatic carbocycles. The molecule has 2 aromatic heterocycles. The molecule has 3 nitrogen and oxygen atoms in total. The lowest BCUT2D eigenvalue weighted by atomic mass is 10.1. The maximum atomic E-state index is 6.06. The maximum Gasteiger partial charge on any atom is 0.194 e. The third-order valence-corrected chi connectivity index (χ3v) is 4.93. The maximum absolute atomic E-state index is 6.06. The Kier molecular flexibility index (Phi) is 4.02. The average molecular weight is 320 g/mol. The van der Waals surface area contributed by atoms with Crippen molar-refractivity contribution < 1.29 is 0 Å². The van der Waals surface area contributed by atoms with Gasteiger partial charge in [0.25, 0.3) is 0 Å². The minimum Gasteiger partial charge on any atom is -0.305 e. The van der Waals surface area contributed by atoms with E-state index in [1.807, 2.05) is 18.2 Å². The van der Waals surface area contributed by atoms with Gasteiger partial charge in [0.15, 0.2) is 4.96 Å². The molecule has 0 amide bonds. The predicted molar refractivity (Wildman–Crippen MR) is 89.2 cm³/mol. The van der Waals surface area contributed by atoms with Crippen molar-refractivity contribution in [2.45, 2.75) is 33.4 Å². The number of aryl methyl sites for hydroxylation is 2. The van der Waals surface area contributed by atoms with E-state index in [1.165, 1.54) is 17.0 Å². The van der Waals surface area contributed by atoms with Crippen LogP contribution in [-0.4, -0.2) is 9.38 Å². The lowest BCUT2D eigenvalue weighted by Gasteiger charge is -2.15. The van der Waals surface area contributed by atoms with Crippen molar-refractivity contribution >= 4 is 27.9 Å². The Hall–Kier alpha value is -1.36. The quantitative estimate of drug-likeness (QED) is 0.766. The van der Waals surface area contributed by atoms with Crippen LogP contribution in [-0.2, 0) is 6.54 Å². The number of hydrogen-bond acceptors (Lipinski definition) is 3. The highest BCUT2D eigenvalue weighted by Crippen LogP contribution is 2.22. The topological polar surface area (TPSA) is 29.3 Å². The van der Waals surface area contributed by atoms with E-state index in [1.54, 1.807) is 11.3 Å². The molecule has 0 unspecified atom stereocenters. The number of nitrogens with zero attached hydrogens (tertiary/aromatic N) is 2. The van der Waals surface area contributed by atoms with Crippen LogP contribution in [0.5, 0.6) is 0 Å². The number of rotatable bonds is 4. The van der Waals surface area contributed by atoms with Crippen molar-refractivity contribution in [1.82, 2.24) is 14.7 Å². The number of fused-ring (bicyclic) bond motifs is 1. The van der Waals surface area contributed by atoms with E-state index in [2.05, 4.69) is 46.9 Å². The highest BCUT2D eigenvalue weighted by Gasteiger charge is 2.13. The standard InChI is InChI=1S/C16H18ClN3S/c1-10-9-21-16-19-12(3)15(20(10)16)8-18-11(2)13-5-4-6-14(17)7-13/h4-7,9,11,18H,8H2,1-3H3/t11-/m1/s1. The first kappa shape index (κ1) is 14.6. The summed E-state index contributed by atoms with van der Waals surface area (Å²) in [6.07, 6.45) is 0. The van der Waals surface area contributed by atoms with Crippen LogP contribution in [0.25, 0.3) is 4.96 Å². The summed E-state index contributed by atoms with van der Waals surface area (Å²) in [5, 5.41) is 6.48. The third-order valence-electron chi connectivity index (χ3n) is 3.75. The minimum atomic E-state index is 0.243. The van der Waals surface area contributed by atoms with Crippen LogP contribution >= 0.6 is 22.9 Å². The van der Waals surface area contributed by atoms with Gasteiger partial charge in [-0.3, -0.25) is 4.40 Å². The minimum absolute atomic E-state index is 0.243. The van der Waals surface area contributed by atoms with Crippen LogP contribution in [0.2, 0.25) is 5.02 Å². The second-order valence-electron chi connectivity index (χ2n) is 5.30. The molecule has 3 rings (SSSR count). The zero-order valence-electron chi connectivity index (χ0n) is 12.4. The molecule has 3 aromatic rings. The number of aromatic nitrogens is 2. The molecular weight excluding hydrogens is 302 g/mol. The van der Waals surface area contributed by atoms with Crippen molar-refractivity contribution in [3.05, 3.63) is 57.3 Å². The molecule has 0 radical (unpaired) electrons. The number of imidazole rings is 1. The van der Waals surface area contributed by atoms with Crippen LogP contribution in [0.15, 0.2) is 29.6 Å². The van der Waals surface area contributed by atoms with Gasteiger partial charge in [-0.15, -0.1) is 11.3 Å². The van der Waals surface area contributed by atoms with Gasteiger partial charge in [-0.05, 0) is 38.5 Å². The van der Waals surface area contributed by atoms with Gasteiger partial charge >= 0.3 is 0 Å². The molecule has 0 bridgehead atoms. The fraction of sp³-hybridized carbons (Fsp3) is 0.312. The fourth-order valence-corrected chi connectivity index (χ4v) is 3.65. The van der Waals surface area contributed by atoms with Gasteiger partial charge in [-0.1, -0.05) is 23.7 Å². The molecule has 0 fully saturated rings. The molecule has 2 heterocycles. The highest BCUT2D eigenvalue weighted by molar-refractivity contribution is 7.15. The van der Waals surface area contributed by atoms with Gasteiger partial charge in [0.1, 0.15) is 0 Å². The first-order chi connectivity index (χ1) is 10.1. The van der Waals surface area contributed by atoms with E-state index < -0.39 is 0 Å². The first-order valence-corrected chi connectivity index (χ1v) is 8.23. The number of halogens is 1. The summed E-state index contributed by atoms with van der Waals surface area (Å²) < 4.78 is 2.23. The van der Waals surface area contributed by atoms with Crippen LogP contribution in [0.3, 0.4) is 0 Å². The Morgan fingerprint density at radius 2 is 2.19 bits per heavy atom. The summed E-state index contributed by atoms with van der Waals surface area (Å²) in [5.74, 6) is 0. The Morgan fingerprint density at radius 3 is 2.95 bits per heavy atom. The van der Waals surface area contributed by atoms with Crippen molar-refractivity contribution in [1.29, 1.82) is 0 Å². The van der Waals surface area contributed by atoms with Gasteiger partial charge in [0.2, 0.25) is 0 Å². The zero-order valence-corrected chi connectivity index (χ0v) is 13.9. The fourth-order valence-electron chi connectivity index (χ4n) is 2.52. The van der Waals surface area contributed by atoms with Crippen molar-refractivity contribution in [2.75, 3.05) is 0 Å². The normalized spacial score (nSPS) is 13.0. The van der Waals surface area contributed by atoms with Gasteiger partial charge in [-0.25, -0.2) is 4.98 Å². The van der Waals surface area contributed by atoms with Gasteiger partial charge in [-0.2, -0.15) is 0 Å². The summed E-state index contributed by atoms with van der Waals surface area (Å²) in [7, 11) is 0. The van der Waals surface area contributed by atoms with E-state index >= 15 is 0 Å². The lowest BCUT2D eigenvalue weighted by Crippen LogP contribution is -2.19. The molecule has 0 saturated carbocycles. The number of benzene rings is 1. The van der Waals surface area contributed by atoms with Crippen LogP contribution in [0, 0.1) is 13.8 Å². The van der Waals surface area contributed by atoms with Crippen molar-refractivity contribution in [2.24, 2.45) is 0 Å². The summed E-state index contributed by atoms with van der Waals surface area (Å²) in [4.78, 5) is 5.69. The molecule has 0 spiro atoms. The first-order valence-electron chi connectivity index (χ1n) is 6.97. The molecule has 110 valence electrons. The summed E-state index contributed by atoms with van der Waals surface area (Å²) >= 11 is 7.75. The Bertz CT molecular complexity index is 775. The molecule has 1 N–H and O–H groups in total. The van der Waals surface area contributed by atoms with Gasteiger partial charge in [0, 0.05) is 28.7 Å². The Labute approximate surface area is 133 Å². The number of thiazole rings is 1. The molecule has 1 atom stereocenters. The number of nitrogens with one attached hydrogen (secondary N) is 1. The van der Waals surface area contributed by atoms with Gasteiger partial charge in [0.05, 0.1) is 11.4 Å². The van der Waals surface area contributed by atoms with Crippen molar-refractivity contribution in [3.8, 4) is 0 Å². The molecule has 0 saturated heterocycles. The largest absolute Gasteiger partial charge is 0.305 e. The predicted octanol–water partition coefficient (Wildman–Crippen LogP) is 4.52. The van der Waals surface area contributed by atoms with E-state index in [4.69, 9.17) is 11.6 Å². The van der Waals surface area contributed by atoms with Gasteiger partial charge < -0.3 is 5.32 Å². The third kappa shape index (κ3) is 2.84. The SMILES string of the molecule is Cc1nc2scc(C)n2c1CN[C@H](C)c1cccc(Cl)c1. The summed E-state index contributed by atoms with van der Waals surface area (Å²) in [6, 6.07) is 8.23. The summed E-state index contributed by atoms with van der Waals surface area (Å²) in [6.45, 7) is 7.13. The monoisotopic (exact) mass is 319 g/mol. The average Bonchev–Trinajstić information content (AvgIpc) is 2.96. The molecular formula is C16H18ClN3S. The second kappa shape index (κ2) is 5.79. The Morgan fingerprint density at radius 1 is 1.38 bits per heavy atom. The molecule has 5 heteroatoms. The van der Waals surface area contributed by atoms with E-state index in [0.717, 1.165) is 22.2 Å². The van der Waals surface area contributed by atoms with Crippen LogP contribution in [0.4, 0.5) is 0 Å². The smallest absolute Gasteiger partial charge is 0.194 e. The molecule has 0 aliphatic heterocycles. The van der Waals surface area contributed by atoms with Crippen LogP contribution in [0.1, 0.15) is 35.6 Å². The molecule has 0 aliphatic carbocycles. The molecule has 21 heavy (non-hydrogen) atoms. The Balaban J connectivity index is 1.80. The van der Waals surface area contributed by atoms with E-state index in [9.17, 15) is 0 Å².